The van der Waals surface area contributed by atoms with Crippen LogP contribution in [0.1, 0.15) is 31.7 Å². The van der Waals surface area contributed by atoms with Gasteiger partial charge in [0.1, 0.15) is 34.3 Å². The van der Waals surface area contributed by atoms with Crippen molar-refractivity contribution in [3.05, 3.63) is 46.5 Å². The van der Waals surface area contributed by atoms with Crippen LogP contribution in [0.5, 0.6) is 11.5 Å². The number of hydrogen-bond acceptors (Lipinski definition) is 10. The van der Waals surface area contributed by atoms with Gasteiger partial charge in [-0.15, -0.1) is 11.8 Å². The molecule has 6 atom stereocenters. The summed E-state index contributed by atoms with van der Waals surface area (Å²) in [5.41, 5.74) is 3.93. The Morgan fingerprint density at radius 1 is 1.45 bits per heavy atom. The van der Waals surface area contributed by atoms with Crippen molar-refractivity contribution < 1.29 is 37.7 Å². The normalized spacial score (nSPS) is 25.8. The number of nitrogens with one attached hydrogen (secondary N) is 1. The van der Waals surface area contributed by atoms with Crippen LogP contribution in [-0.4, -0.2) is 62.0 Å². The van der Waals surface area contributed by atoms with Crippen molar-refractivity contribution in [1.29, 1.82) is 0 Å². The smallest absolute Gasteiger partial charge is 0.459 e. The lowest BCUT2D eigenvalue weighted by molar-refractivity contribution is -0.145. The Hall–Kier alpha value is -2.64. The van der Waals surface area contributed by atoms with E-state index in [0.717, 1.165) is 21.9 Å². The Balaban J connectivity index is 1.57. The molecule has 2 unspecified atom stereocenters. The number of nitrogens with zero attached hydrogens (tertiary/aromatic N) is 2. The fourth-order valence-electron chi connectivity index (χ4n) is 3.99. The minimum absolute atomic E-state index is 0.0298. The summed E-state index contributed by atoms with van der Waals surface area (Å²) >= 11 is 0.885. The van der Waals surface area contributed by atoms with Gasteiger partial charge in [0.25, 0.3) is 0 Å². The number of halogens is 1. The maximum absolute atomic E-state index is 15.0. The SMILES string of the molecule is CC(C)C(C)(NP(=O)(OC[C@H]1S[C@@H](n2ccc(N)nc2=O)[C@@H](F)[C@@H]1O)Oc1ccc2c(c1)OCC2)C(=O)O. The highest BCUT2D eigenvalue weighted by Gasteiger charge is 2.49. The first kappa shape index (κ1) is 28.4. The van der Waals surface area contributed by atoms with Gasteiger partial charge in [-0.05, 0) is 30.5 Å². The molecule has 1 fully saturated rings. The summed E-state index contributed by atoms with van der Waals surface area (Å²) in [7, 11) is -4.43. The number of nitrogens with two attached hydrogens (primary N) is 1. The Labute approximate surface area is 222 Å². The van der Waals surface area contributed by atoms with Crippen LogP contribution < -0.4 is 25.8 Å². The number of anilines is 1. The number of aliphatic hydroxyl groups is 1. The van der Waals surface area contributed by atoms with E-state index < -0.39 is 60.4 Å². The molecular weight excluding hydrogens is 542 g/mol. The lowest BCUT2D eigenvalue weighted by atomic mass is 9.90. The number of carbonyl (C=O) groups is 1. The van der Waals surface area contributed by atoms with Crippen LogP contribution in [0.3, 0.4) is 0 Å². The summed E-state index contributed by atoms with van der Waals surface area (Å²) < 4.78 is 46.9. The molecule has 1 saturated heterocycles. The maximum Gasteiger partial charge on any atom is 0.459 e. The summed E-state index contributed by atoms with van der Waals surface area (Å²) in [4.78, 5) is 27.9. The number of ether oxygens (including phenoxy) is 1. The topological polar surface area (TPSA) is 175 Å². The van der Waals surface area contributed by atoms with Gasteiger partial charge in [-0.3, -0.25) is 13.9 Å². The first-order valence-corrected chi connectivity index (χ1v) is 14.4. The highest BCUT2D eigenvalue weighted by Crippen LogP contribution is 2.51. The number of hydrogen-bond donors (Lipinski definition) is 4. The van der Waals surface area contributed by atoms with Gasteiger partial charge in [0.15, 0.2) is 6.17 Å². The minimum atomic E-state index is -4.43. The van der Waals surface area contributed by atoms with Crippen molar-refractivity contribution in [2.24, 2.45) is 5.92 Å². The molecule has 1 aromatic heterocycles. The van der Waals surface area contributed by atoms with Crippen molar-refractivity contribution in [3.63, 3.8) is 0 Å². The fraction of sp³-hybridized carbons (Fsp3) is 0.522. The maximum atomic E-state index is 15.0. The predicted molar refractivity (Wildman–Crippen MR) is 138 cm³/mol. The number of carboxylic acids is 1. The van der Waals surface area contributed by atoms with Crippen LogP contribution in [0.25, 0.3) is 0 Å². The van der Waals surface area contributed by atoms with Crippen molar-refractivity contribution in [2.45, 2.75) is 55.6 Å². The van der Waals surface area contributed by atoms with Gasteiger partial charge in [-0.1, -0.05) is 19.9 Å². The molecule has 0 radical (unpaired) electrons. The molecule has 0 spiro atoms. The molecule has 2 aromatic rings. The van der Waals surface area contributed by atoms with E-state index in [-0.39, 0.29) is 11.6 Å². The van der Waals surface area contributed by atoms with Crippen molar-refractivity contribution in [2.75, 3.05) is 18.9 Å². The molecule has 3 heterocycles. The molecule has 0 amide bonds. The molecule has 208 valence electrons. The third-order valence-corrected chi connectivity index (χ3v) is 9.90. The van der Waals surface area contributed by atoms with E-state index in [0.29, 0.717) is 18.8 Å². The van der Waals surface area contributed by atoms with Crippen LogP contribution in [0.2, 0.25) is 0 Å². The van der Waals surface area contributed by atoms with Crippen molar-refractivity contribution in [1.82, 2.24) is 14.6 Å². The molecular formula is C23H30FN4O8PS. The molecule has 0 bridgehead atoms. The standard InChI is InChI=1S/C23H30FN4O8PS/c1-12(2)23(3,21(30)31)27-37(33,36-14-5-4-13-7-9-34-15(13)10-14)35-11-16-19(29)18(24)20(38-16)28-8-6-17(25)26-22(28)32/h4-6,8,10,12,16,18-20,29H,7,9,11H2,1-3H3,(H,27,33)(H,30,31)(H2,25,26,32)/t16-,18+,19-,20-,23?,37?/m1/s1. The predicted octanol–water partition coefficient (Wildman–Crippen LogP) is 2.37. The second kappa shape index (κ2) is 10.9. The van der Waals surface area contributed by atoms with Gasteiger partial charge in [0.2, 0.25) is 0 Å². The lowest BCUT2D eigenvalue weighted by Gasteiger charge is -2.34. The summed E-state index contributed by atoms with van der Waals surface area (Å²) in [6, 6.07) is 6.16. The average Bonchev–Trinajstić information content (AvgIpc) is 3.42. The van der Waals surface area contributed by atoms with E-state index in [4.69, 9.17) is 19.5 Å². The van der Waals surface area contributed by atoms with Gasteiger partial charge >= 0.3 is 19.4 Å². The van der Waals surface area contributed by atoms with E-state index >= 15 is 4.39 Å². The van der Waals surface area contributed by atoms with E-state index in [1.54, 1.807) is 26.0 Å². The number of carboxylic acid groups (broad SMARTS) is 1. The first-order chi connectivity index (χ1) is 17.8. The molecule has 4 rings (SSSR count). The van der Waals surface area contributed by atoms with E-state index in [9.17, 15) is 24.4 Å². The highest BCUT2D eigenvalue weighted by molar-refractivity contribution is 8.00. The Morgan fingerprint density at radius 3 is 2.84 bits per heavy atom. The zero-order chi connectivity index (χ0) is 27.8. The third kappa shape index (κ3) is 5.69. The molecule has 15 heteroatoms. The monoisotopic (exact) mass is 572 g/mol. The van der Waals surface area contributed by atoms with E-state index in [2.05, 4.69) is 10.1 Å². The zero-order valence-electron chi connectivity index (χ0n) is 20.9. The largest absolute Gasteiger partial charge is 0.493 e. The van der Waals surface area contributed by atoms with Crippen LogP contribution in [0, 0.1) is 5.92 Å². The number of aliphatic carboxylic acids is 1. The summed E-state index contributed by atoms with van der Waals surface area (Å²) in [6.07, 6.45) is -1.48. The first-order valence-electron chi connectivity index (χ1n) is 11.9. The molecule has 0 saturated carbocycles. The van der Waals surface area contributed by atoms with Crippen LogP contribution >= 0.6 is 19.5 Å². The van der Waals surface area contributed by atoms with Gasteiger partial charge in [-0.25, -0.2) is 13.8 Å². The molecule has 2 aliphatic rings. The van der Waals surface area contributed by atoms with Gasteiger partial charge in [0.05, 0.1) is 18.5 Å². The number of alkyl halides is 1. The number of benzene rings is 1. The molecule has 0 aliphatic carbocycles. The van der Waals surface area contributed by atoms with Gasteiger partial charge < -0.3 is 25.2 Å². The third-order valence-electron chi connectivity index (χ3n) is 6.69. The van der Waals surface area contributed by atoms with E-state index in [1.165, 1.54) is 25.3 Å². The number of thioether (sulfide) groups is 1. The van der Waals surface area contributed by atoms with Crippen LogP contribution in [0.4, 0.5) is 10.2 Å². The minimum Gasteiger partial charge on any atom is -0.493 e. The molecule has 12 nitrogen and oxygen atoms in total. The molecule has 2 aliphatic heterocycles. The Bertz CT molecular complexity index is 1310. The zero-order valence-corrected chi connectivity index (χ0v) is 22.7. The van der Waals surface area contributed by atoms with E-state index in [1.807, 2.05) is 0 Å². The number of nitrogen functional groups attached to an aromatic ring is 1. The van der Waals surface area contributed by atoms with Gasteiger partial charge in [0, 0.05) is 18.7 Å². The molecule has 5 N–H and O–H groups in total. The van der Waals surface area contributed by atoms with Gasteiger partial charge in [-0.2, -0.15) is 10.1 Å². The Kier molecular flexibility index (Phi) is 8.10. The number of aliphatic hydroxyl groups excluding tert-OH is 1. The van der Waals surface area contributed by atoms with Crippen molar-refractivity contribution in [3.8, 4) is 11.5 Å². The number of aromatic nitrogens is 2. The lowest BCUT2D eigenvalue weighted by Crippen LogP contribution is -2.52. The second-order valence-electron chi connectivity index (χ2n) is 9.57. The second-order valence-corrected chi connectivity index (χ2v) is 12.6. The summed E-state index contributed by atoms with van der Waals surface area (Å²) in [6.45, 7) is 4.60. The Morgan fingerprint density at radius 2 is 2.18 bits per heavy atom. The number of rotatable bonds is 10. The quantitative estimate of drug-likeness (QED) is 0.306. The van der Waals surface area contributed by atoms with Crippen LogP contribution in [0.15, 0.2) is 35.3 Å². The molecule has 1 aromatic carbocycles. The molecule has 38 heavy (non-hydrogen) atoms. The van der Waals surface area contributed by atoms with Crippen LogP contribution in [-0.2, 0) is 20.3 Å². The van der Waals surface area contributed by atoms with Crippen molar-refractivity contribution >= 4 is 31.3 Å². The number of fused-ring (bicyclic) bond motifs is 1. The summed E-state index contributed by atoms with van der Waals surface area (Å²) in [5.74, 6) is -1.20. The fourth-order valence-corrected chi connectivity index (χ4v) is 7.34. The average molecular weight is 573 g/mol. The highest BCUT2D eigenvalue weighted by atomic mass is 32.2. The summed E-state index contributed by atoms with van der Waals surface area (Å²) in [5, 5.41) is 20.8.